The van der Waals surface area contributed by atoms with Gasteiger partial charge in [0.05, 0.1) is 18.0 Å². The minimum atomic E-state index is -3.53. The predicted molar refractivity (Wildman–Crippen MR) is 101 cm³/mol. The normalized spacial score (nSPS) is 12.4. The highest BCUT2D eigenvalue weighted by Crippen LogP contribution is 2.12. The molecule has 0 aliphatic heterocycles. The Morgan fingerprint density at radius 3 is 2.68 bits per heavy atom. The van der Waals surface area contributed by atoms with Crippen molar-refractivity contribution in [1.82, 2.24) is 15.4 Å². The van der Waals surface area contributed by atoms with E-state index in [2.05, 4.69) is 34.2 Å². The van der Waals surface area contributed by atoms with Crippen LogP contribution < -0.4 is 15.4 Å². The zero-order valence-electron chi connectivity index (χ0n) is 15.5. The SMILES string of the molecule is CCNC(=NCc1cccc(S(=O)(=O)NCCOC)c1)NCC(C)C. The fourth-order valence-corrected chi connectivity index (χ4v) is 3.07. The van der Waals surface area contributed by atoms with Crippen LogP contribution in [0.4, 0.5) is 0 Å². The van der Waals surface area contributed by atoms with Gasteiger partial charge >= 0.3 is 0 Å². The van der Waals surface area contributed by atoms with Gasteiger partial charge in [0.2, 0.25) is 10.0 Å². The molecule has 0 unspecified atom stereocenters. The summed E-state index contributed by atoms with van der Waals surface area (Å²) in [5.41, 5.74) is 0.830. The van der Waals surface area contributed by atoms with Gasteiger partial charge in [-0.05, 0) is 30.5 Å². The van der Waals surface area contributed by atoms with Crippen LogP contribution in [0.5, 0.6) is 0 Å². The zero-order chi connectivity index (χ0) is 18.7. The Labute approximate surface area is 151 Å². The molecule has 0 radical (unpaired) electrons. The lowest BCUT2D eigenvalue weighted by molar-refractivity contribution is 0.204. The van der Waals surface area contributed by atoms with Gasteiger partial charge in [0.1, 0.15) is 0 Å². The number of nitrogens with one attached hydrogen (secondary N) is 3. The summed E-state index contributed by atoms with van der Waals surface area (Å²) < 4.78 is 31.9. The lowest BCUT2D eigenvalue weighted by Gasteiger charge is -2.13. The van der Waals surface area contributed by atoms with E-state index < -0.39 is 10.0 Å². The van der Waals surface area contributed by atoms with E-state index in [1.165, 1.54) is 7.11 Å². The third kappa shape index (κ3) is 8.33. The van der Waals surface area contributed by atoms with Crippen molar-refractivity contribution in [3.8, 4) is 0 Å². The molecule has 1 rings (SSSR count). The lowest BCUT2D eigenvalue weighted by Crippen LogP contribution is -2.39. The van der Waals surface area contributed by atoms with Crippen LogP contribution in [0.3, 0.4) is 0 Å². The van der Waals surface area contributed by atoms with Crippen LogP contribution >= 0.6 is 0 Å². The maximum atomic E-state index is 12.3. The second-order valence-electron chi connectivity index (χ2n) is 6.01. The van der Waals surface area contributed by atoms with Crippen molar-refractivity contribution in [2.45, 2.75) is 32.2 Å². The first kappa shape index (κ1) is 21.4. The van der Waals surface area contributed by atoms with Gasteiger partial charge < -0.3 is 15.4 Å². The average Bonchev–Trinajstić information content (AvgIpc) is 2.57. The van der Waals surface area contributed by atoms with E-state index >= 15 is 0 Å². The first-order chi connectivity index (χ1) is 11.9. The Kier molecular flexibility index (Phi) is 9.48. The lowest BCUT2D eigenvalue weighted by atomic mass is 10.2. The Hall–Kier alpha value is -1.64. The number of aliphatic imine (C=N–C) groups is 1. The molecule has 0 fully saturated rings. The van der Waals surface area contributed by atoms with Gasteiger partial charge in [0.15, 0.2) is 5.96 Å². The van der Waals surface area contributed by atoms with Crippen molar-refractivity contribution < 1.29 is 13.2 Å². The third-order valence-corrected chi connectivity index (χ3v) is 4.71. The Balaban J connectivity index is 2.80. The molecule has 0 aliphatic carbocycles. The number of benzene rings is 1. The second-order valence-corrected chi connectivity index (χ2v) is 7.77. The van der Waals surface area contributed by atoms with Crippen molar-refractivity contribution in [1.29, 1.82) is 0 Å². The van der Waals surface area contributed by atoms with Crippen LogP contribution in [0.25, 0.3) is 0 Å². The number of hydrogen-bond donors (Lipinski definition) is 3. The van der Waals surface area contributed by atoms with E-state index in [0.29, 0.717) is 19.1 Å². The number of methoxy groups -OCH3 is 1. The average molecular weight is 371 g/mol. The van der Waals surface area contributed by atoms with Crippen molar-refractivity contribution in [3.05, 3.63) is 29.8 Å². The van der Waals surface area contributed by atoms with Crippen LogP contribution in [0, 0.1) is 5.92 Å². The Bertz CT molecular complexity index is 645. The molecule has 0 heterocycles. The molecule has 1 aromatic rings. The number of hydrogen-bond acceptors (Lipinski definition) is 4. The molecule has 0 aromatic heterocycles. The van der Waals surface area contributed by atoms with Crippen molar-refractivity contribution in [3.63, 3.8) is 0 Å². The molecule has 3 N–H and O–H groups in total. The minimum Gasteiger partial charge on any atom is -0.383 e. The summed E-state index contributed by atoms with van der Waals surface area (Å²) in [6.45, 7) is 8.82. The molecular formula is C17H30N4O3S. The Morgan fingerprint density at radius 2 is 2.04 bits per heavy atom. The maximum Gasteiger partial charge on any atom is 0.240 e. The van der Waals surface area contributed by atoms with E-state index in [9.17, 15) is 8.42 Å². The fraction of sp³-hybridized carbons (Fsp3) is 0.588. The van der Waals surface area contributed by atoms with Gasteiger partial charge in [-0.15, -0.1) is 0 Å². The highest BCUT2D eigenvalue weighted by Gasteiger charge is 2.13. The van der Waals surface area contributed by atoms with E-state index in [0.717, 1.165) is 24.6 Å². The summed E-state index contributed by atoms with van der Waals surface area (Å²) in [6, 6.07) is 6.81. The standard InChI is InChI=1S/C17H30N4O3S/c1-5-18-17(19-12-14(2)3)20-13-15-7-6-8-16(11-15)25(22,23)21-9-10-24-4/h6-8,11,14,21H,5,9-10,12-13H2,1-4H3,(H2,18,19,20). The topological polar surface area (TPSA) is 91.8 Å². The first-order valence-corrected chi connectivity index (χ1v) is 9.97. The molecule has 25 heavy (non-hydrogen) atoms. The molecule has 0 bridgehead atoms. The zero-order valence-corrected chi connectivity index (χ0v) is 16.3. The smallest absolute Gasteiger partial charge is 0.240 e. The molecule has 8 heteroatoms. The third-order valence-electron chi connectivity index (χ3n) is 3.25. The molecule has 142 valence electrons. The van der Waals surface area contributed by atoms with Crippen LogP contribution in [0.2, 0.25) is 0 Å². The van der Waals surface area contributed by atoms with Gasteiger partial charge in [-0.2, -0.15) is 0 Å². The number of sulfonamides is 1. The Morgan fingerprint density at radius 1 is 1.28 bits per heavy atom. The molecule has 0 saturated carbocycles. The summed E-state index contributed by atoms with van der Waals surface area (Å²) in [6.07, 6.45) is 0. The highest BCUT2D eigenvalue weighted by molar-refractivity contribution is 7.89. The van der Waals surface area contributed by atoms with E-state index in [1.807, 2.05) is 13.0 Å². The molecular weight excluding hydrogens is 340 g/mol. The van der Waals surface area contributed by atoms with Crippen LogP contribution in [-0.4, -0.2) is 47.7 Å². The number of guanidine groups is 1. The summed E-state index contributed by atoms with van der Waals surface area (Å²) in [5.74, 6) is 1.23. The summed E-state index contributed by atoms with van der Waals surface area (Å²) >= 11 is 0. The fourth-order valence-electron chi connectivity index (χ4n) is 1.99. The van der Waals surface area contributed by atoms with Crippen molar-refractivity contribution in [2.24, 2.45) is 10.9 Å². The van der Waals surface area contributed by atoms with Gasteiger partial charge in [-0.1, -0.05) is 26.0 Å². The minimum absolute atomic E-state index is 0.233. The van der Waals surface area contributed by atoms with Crippen LogP contribution in [-0.2, 0) is 21.3 Å². The maximum absolute atomic E-state index is 12.3. The monoisotopic (exact) mass is 370 g/mol. The van der Waals surface area contributed by atoms with E-state index in [-0.39, 0.29) is 11.4 Å². The van der Waals surface area contributed by atoms with E-state index in [4.69, 9.17) is 4.74 Å². The van der Waals surface area contributed by atoms with Crippen LogP contribution in [0.1, 0.15) is 26.3 Å². The van der Waals surface area contributed by atoms with Gasteiger partial charge in [-0.25, -0.2) is 18.1 Å². The van der Waals surface area contributed by atoms with E-state index in [1.54, 1.807) is 18.2 Å². The van der Waals surface area contributed by atoms with Gasteiger partial charge in [-0.3, -0.25) is 0 Å². The molecule has 0 atom stereocenters. The molecule has 0 spiro atoms. The molecule has 0 saturated heterocycles. The van der Waals surface area contributed by atoms with Gasteiger partial charge in [0.25, 0.3) is 0 Å². The molecule has 7 nitrogen and oxygen atoms in total. The molecule has 1 aromatic carbocycles. The quantitative estimate of drug-likeness (QED) is 0.328. The van der Waals surface area contributed by atoms with Crippen molar-refractivity contribution >= 4 is 16.0 Å². The molecule has 0 aliphatic rings. The second kappa shape index (κ2) is 11.1. The molecule has 0 amide bonds. The summed E-state index contributed by atoms with van der Waals surface area (Å²) in [7, 11) is -2.01. The first-order valence-electron chi connectivity index (χ1n) is 8.48. The summed E-state index contributed by atoms with van der Waals surface area (Å²) in [5, 5.41) is 6.45. The van der Waals surface area contributed by atoms with Gasteiger partial charge in [0, 0.05) is 26.7 Å². The van der Waals surface area contributed by atoms with Crippen LogP contribution in [0.15, 0.2) is 34.2 Å². The van der Waals surface area contributed by atoms with Crippen molar-refractivity contribution in [2.75, 3.05) is 33.4 Å². The number of nitrogens with zero attached hydrogens (tertiary/aromatic N) is 1. The number of ether oxygens (including phenoxy) is 1. The number of rotatable bonds is 10. The summed E-state index contributed by atoms with van der Waals surface area (Å²) in [4.78, 5) is 4.75. The highest BCUT2D eigenvalue weighted by atomic mass is 32.2. The predicted octanol–water partition coefficient (Wildman–Crippen LogP) is 1.32. The largest absolute Gasteiger partial charge is 0.383 e.